The van der Waals surface area contributed by atoms with E-state index >= 15 is 0 Å². The highest BCUT2D eigenvalue weighted by Crippen LogP contribution is 2.17. The molecule has 16 heavy (non-hydrogen) atoms. The van der Waals surface area contributed by atoms with Gasteiger partial charge in [-0.2, -0.15) is 0 Å². The summed E-state index contributed by atoms with van der Waals surface area (Å²) in [7, 11) is 3.33. The molecule has 0 saturated carbocycles. The molecule has 1 aromatic rings. The van der Waals surface area contributed by atoms with E-state index in [9.17, 15) is 9.59 Å². The smallest absolute Gasteiger partial charge is 0.321 e. The Morgan fingerprint density at radius 3 is 2.38 bits per heavy atom. The third kappa shape index (κ3) is 2.82. The zero-order valence-corrected chi connectivity index (χ0v) is 10.00. The summed E-state index contributed by atoms with van der Waals surface area (Å²) in [6.07, 6.45) is 0. The molecule has 0 radical (unpaired) electrons. The summed E-state index contributed by atoms with van der Waals surface area (Å²) in [6.45, 7) is 3.39. The second-order valence-electron chi connectivity index (χ2n) is 3.91. The molecule has 1 rings (SSSR count). The molecule has 0 spiro atoms. The van der Waals surface area contributed by atoms with Crippen molar-refractivity contribution in [3.8, 4) is 0 Å². The van der Waals surface area contributed by atoms with Crippen LogP contribution < -0.4 is 5.32 Å². The molecule has 1 N–H and O–H groups in total. The van der Waals surface area contributed by atoms with Crippen LogP contribution >= 0.6 is 0 Å². The Labute approximate surface area is 95.3 Å². The van der Waals surface area contributed by atoms with Gasteiger partial charge in [-0.3, -0.25) is 4.79 Å². The van der Waals surface area contributed by atoms with Crippen molar-refractivity contribution in [2.24, 2.45) is 0 Å². The van der Waals surface area contributed by atoms with Crippen molar-refractivity contribution in [2.75, 3.05) is 19.4 Å². The maximum Gasteiger partial charge on any atom is 0.321 e. The van der Waals surface area contributed by atoms with Crippen LogP contribution in [0.4, 0.5) is 10.5 Å². The Kier molecular flexibility index (Phi) is 3.66. The molecule has 0 atom stereocenters. The highest BCUT2D eigenvalue weighted by molar-refractivity contribution is 5.97. The number of amides is 2. The number of carbonyl (C=O) groups excluding carboxylic acids is 2. The molecule has 4 heteroatoms. The Morgan fingerprint density at radius 1 is 1.25 bits per heavy atom. The van der Waals surface area contributed by atoms with Crippen LogP contribution in [0.1, 0.15) is 22.8 Å². The number of aryl methyl sites for hydroxylation is 1. The zero-order chi connectivity index (χ0) is 12.3. The monoisotopic (exact) mass is 220 g/mol. The lowest BCUT2D eigenvalue weighted by Crippen LogP contribution is -2.27. The molecule has 0 heterocycles. The van der Waals surface area contributed by atoms with E-state index in [-0.39, 0.29) is 11.8 Å². The van der Waals surface area contributed by atoms with Crippen LogP contribution in [-0.4, -0.2) is 30.8 Å². The van der Waals surface area contributed by atoms with Gasteiger partial charge in [0.25, 0.3) is 0 Å². The third-order valence-electron chi connectivity index (χ3n) is 2.29. The molecule has 86 valence electrons. The van der Waals surface area contributed by atoms with E-state index in [1.54, 1.807) is 26.2 Å². The molecular weight excluding hydrogens is 204 g/mol. The topological polar surface area (TPSA) is 49.4 Å². The summed E-state index contributed by atoms with van der Waals surface area (Å²) in [6, 6.07) is 5.06. The Morgan fingerprint density at radius 2 is 1.88 bits per heavy atom. The fraction of sp³-hybridized carbons (Fsp3) is 0.333. The number of ketones is 1. The van der Waals surface area contributed by atoms with Gasteiger partial charge in [-0.15, -0.1) is 0 Å². The van der Waals surface area contributed by atoms with Gasteiger partial charge in [0, 0.05) is 25.3 Å². The molecule has 0 fully saturated rings. The van der Waals surface area contributed by atoms with E-state index in [1.165, 1.54) is 11.8 Å². The Bertz CT molecular complexity index is 425. The molecule has 0 saturated heterocycles. The molecule has 2 amide bonds. The quantitative estimate of drug-likeness (QED) is 0.777. The van der Waals surface area contributed by atoms with Gasteiger partial charge in [0.1, 0.15) is 0 Å². The van der Waals surface area contributed by atoms with Crippen molar-refractivity contribution >= 4 is 17.5 Å². The number of urea groups is 1. The van der Waals surface area contributed by atoms with Gasteiger partial charge in [-0.1, -0.05) is 12.1 Å². The van der Waals surface area contributed by atoms with E-state index in [0.717, 1.165) is 5.56 Å². The molecule has 0 bridgehead atoms. The van der Waals surface area contributed by atoms with Crippen LogP contribution in [0.15, 0.2) is 18.2 Å². The van der Waals surface area contributed by atoms with E-state index in [2.05, 4.69) is 5.32 Å². The van der Waals surface area contributed by atoms with Crippen molar-refractivity contribution in [3.05, 3.63) is 29.3 Å². The number of Topliss-reactive ketones (excluding diaryl/α,β-unsaturated/α-hetero) is 1. The first-order valence-corrected chi connectivity index (χ1v) is 5.01. The number of anilines is 1. The minimum absolute atomic E-state index is 0.0136. The highest BCUT2D eigenvalue weighted by atomic mass is 16.2. The van der Waals surface area contributed by atoms with Gasteiger partial charge in [-0.25, -0.2) is 4.79 Å². The molecule has 1 aromatic carbocycles. The lowest BCUT2D eigenvalue weighted by Gasteiger charge is -2.14. The SMILES string of the molecule is CC(=O)c1ccc(C)c(NC(=O)N(C)C)c1. The third-order valence-corrected chi connectivity index (χ3v) is 2.29. The van der Waals surface area contributed by atoms with Gasteiger partial charge in [0.15, 0.2) is 5.78 Å². The van der Waals surface area contributed by atoms with Crippen molar-refractivity contribution < 1.29 is 9.59 Å². The van der Waals surface area contributed by atoms with Crippen molar-refractivity contribution in [1.29, 1.82) is 0 Å². The number of rotatable bonds is 2. The summed E-state index contributed by atoms with van der Waals surface area (Å²) in [5, 5.41) is 2.74. The normalized spacial score (nSPS) is 9.75. The summed E-state index contributed by atoms with van der Waals surface area (Å²) in [5.74, 6) is -0.0136. The average molecular weight is 220 g/mol. The number of carbonyl (C=O) groups is 2. The van der Waals surface area contributed by atoms with Crippen LogP contribution in [0.5, 0.6) is 0 Å². The summed E-state index contributed by atoms with van der Waals surface area (Å²) in [5.41, 5.74) is 2.20. The molecular formula is C12H16N2O2. The first-order chi connectivity index (χ1) is 7.41. The van der Waals surface area contributed by atoms with Crippen LogP contribution in [0, 0.1) is 6.92 Å². The highest BCUT2D eigenvalue weighted by Gasteiger charge is 2.08. The number of nitrogens with zero attached hydrogens (tertiary/aromatic N) is 1. The molecule has 0 aliphatic carbocycles. The number of benzene rings is 1. The van der Waals surface area contributed by atoms with E-state index in [0.29, 0.717) is 11.3 Å². The minimum Gasteiger partial charge on any atom is -0.331 e. The zero-order valence-electron chi connectivity index (χ0n) is 10.00. The van der Waals surface area contributed by atoms with E-state index in [1.807, 2.05) is 13.0 Å². The van der Waals surface area contributed by atoms with Gasteiger partial charge in [0.2, 0.25) is 0 Å². The van der Waals surface area contributed by atoms with Crippen LogP contribution in [0.2, 0.25) is 0 Å². The Hall–Kier alpha value is -1.84. The lowest BCUT2D eigenvalue weighted by atomic mass is 10.1. The molecule has 0 aromatic heterocycles. The van der Waals surface area contributed by atoms with Crippen LogP contribution in [0.25, 0.3) is 0 Å². The molecule has 4 nitrogen and oxygen atoms in total. The largest absolute Gasteiger partial charge is 0.331 e. The van der Waals surface area contributed by atoms with Gasteiger partial charge >= 0.3 is 6.03 Å². The summed E-state index contributed by atoms with van der Waals surface area (Å²) >= 11 is 0. The first-order valence-electron chi connectivity index (χ1n) is 5.01. The van der Waals surface area contributed by atoms with E-state index in [4.69, 9.17) is 0 Å². The number of hydrogen-bond acceptors (Lipinski definition) is 2. The van der Waals surface area contributed by atoms with Gasteiger partial charge in [0.05, 0.1) is 0 Å². The maximum absolute atomic E-state index is 11.5. The van der Waals surface area contributed by atoms with Crippen molar-refractivity contribution in [1.82, 2.24) is 4.90 Å². The molecule has 0 aliphatic rings. The van der Waals surface area contributed by atoms with Crippen LogP contribution in [0.3, 0.4) is 0 Å². The van der Waals surface area contributed by atoms with Crippen LogP contribution in [-0.2, 0) is 0 Å². The number of nitrogens with one attached hydrogen (secondary N) is 1. The van der Waals surface area contributed by atoms with E-state index < -0.39 is 0 Å². The average Bonchev–Trinajstić information content (AvgIpc) is 2.20. The predicted molar refractivity (Wildman–Crippen MR) is 63.9 cm³/mol. The second kappa shape index (κ2) is 4.79. The van der Waals surface area contributed by atoms with Gasteiger partial charge < -0.3 is 10.2 Å². The fourth-order valence-electron chi connectivity index (χ4n) is 1.20. The maximum atomic E-state index is 11.5. The van der Waals surface area contributed by atoms with Gasteiger partial charge in [-0.05, 0) is 25.5 Å². The first kappa shape index (κ1) is 12.2. The molecule has 0 unspecified atom stereocenters. The predicted octanol–water partition coefficient (Wildman–Crippen LogP) is 2.29. The Balaban J connectivity index is 2.99. The minimum atomic E-state index is -0.205. The van der Waals surface area contributed by atoms with Crippen molar-refractivity contribution in [3.63, 3.8) is 0 Å². The fourth-order valence-corrected chi connectivity index (χ4v) is 1.20. The number of hydrogen-bond donors (Lipinski definition) is 1. The summed E-state index contributed by atoms with van der Waals surface area (Å²) in [4.78, 5) is 24.1. The molecule has 0 aliphatic heterocycles. The standard InChI is InChI=1S/C12H16N2O2/c1-8-5-6-10(9(2)15)7-11(8)13-12(16)14(3)4/h5-7H,1-4H3,(H,13,16). The van der Waals surface area contributed by atoms with Crippen molar-refractivity contribution in [2.45, 2.75) is 13.8 Å². The summed E-state index contributed by atoms with van der Waals surface area (Å²) < 4.78 is 0. The lowest BCUT2D eigenvalue weighted by molar-refractivity contribution is 0.101. The second-order valence-corrected chi connectivity index (χ2v) is 3.91.